The van der Waals surface area contributed by atoms with E-state index in [1.54, 1.807) is 4.80 Å². The molecule has 0 amide bonds. The molecule has 0 saturated heterocycles. The summed E-state index contributed by atoms with van der Waals surface area (Å²) in [5, 5.41) is 8.69. The Balaban J connectivity index is 2.34. The SMILES string of the molecule is Cc1nn(-c2ccc(N(C)C)cc2)nc1C. The minimum Gasteiger partial charge on any atom is -0.378 e. The van der Waals surface area contributed by atoms with E-state index >= 15 is 0 Å². The van der Waals surface area contributed by atoms with Gasteiger partial charge in [-0.1, -0.05) is 0 Å². The van der Waals surface area contributed by atoms with Gasteiger partial charge in [0.2, 0.25) is 0 Å². The molecule has 84 valence electrons. The lowest BCUT2D eigenvalue weighted by atomic mass is 10.3. The van der Waals surface area contributed by atoms with Crippen molar-refractivity contribution in [3.63, 3.8) is 0 Å². The first-order chi connectivity index (χ1) is 7.58. The van der Waals surface area contributed by atoms with E-state index in [2.05, 4.69) is 27.2 Å². The van der Waals surface area contributed by atoms with Crippen LogP contribution in [0, 0.1) is 13.8 Å². The molecule has 0 unspecified atom stereocenters. The number of nitrogens with zero attached hydrogens (tertiary/aromatic N) is 4. The lowest BCUT2D eigenvalue weighted by molar-refractivity contribution is 0.741. The quantitative estimate of drug-likeness (QED) is 0.769. The van der Waals surface area contributed by atoms with E-state index in [1.807, 2.05) is 40.1 Å². The van der Waals surface area contributed by atoms with Crippen LogP contribution in [0.25, 0.3) is 5.69 Å². The fourth-order valence-electron chi connectivity index (χ4n) is 1.45. The summed E-state index contributed by atoms with van der Waals surface area (Å²) in [6.07, 6.45) is 0. The highest BCUT2D eigenvalue weighted by atomic mass is 15.5. The Morgan fingerprint density at radius 2 is 1.44 bits per heavy atom. The number of aromatic nitrogens is 3. The molecule has 0 spiro atoms. The minimum absolute atomic E-state index is 0.969. The highest BCUT2D eigenvalue weighted by Gasteiger charge is 2.04. The third kappa shape index (κ3) is 1.91. The molecule has 0 atom stereocenters. The molecular weight excluding hydrogens is 200 g/mol. The molecule has 1 aromatic carbocycles. The van der Waals surface area contributed by atoms with Gasteiger partial charge < -0.3 is 4.90 Å². The molecule has 0 radical (unpaired) electrons. The number of aryl methyl sites for hydroxylation is 2. The molecule has 4 heteroatoms. The largest absolute Gasteiger partial charge is 0.378 e. The van der Waals surface area contributed by atoms with Crippen LogP contribution < -0.4 is 4.90 Å². The standard InChI is InChI=1S/C12H16N4/c1-9-10(2)14-16(13-9)12-7-5-11(6-8-12)15(3)4/h5-8H,1-4H3. The molecule has 0 saturated carbocycles. The van der Waals surface area contributed by atoms with Crippen LogP contribution in [0.15, 0.2) is 24.3 Å². The van der Waals surface area contributed by atoms with Gasteiger partial charge in [-0.2, -0.15) is 15.0 Å². The Morgan fingerprint density at radius 3 is 1.88 bits per heavy atom. The zero-order valence-electron chi connectivity index (χ0n) is 10.1. The summed E-state index contributed by atoms with van der Waals surface area (Å²) in [6.45, 7) is 3.93. The number of anilines is 1. The Labute approximate surface area is 95.5 Å². The smallest absolute Gasteiger partial charge is 0.0858 e. The third-order valence-corrected chi connectivity index (χ3v) is 2.61. The first kappa shape index (κ1) is 10.7. The van der Waals surface area contributed by atoms with Gasteiger partial charge in [-0.25, -0.2) is 0 Å². The molecule has 1 heterocycles. The third-order valence-electron chi connectivity index (χ3n) is 2.61. The van der Waals surface area contributed by atoms with Crippen LogP contribution in [0.2, 0.25) is 0 Å². The van der Waals surface area contributed by atoms with E-state index in [-0.39, 0.29) is 0 Å². The Kier molecular flexibility index (Phi) is 2.64. The Bertz CT molecular complexity index is 463. The maximum absolute atomic E-state index is 4.35. The van der Waals surface area contributed by atoms with Gasteiger partial charge in [0, 0.05) is 19.8 Å². The van der Waals surface area contributed by atoms with Gasteiger partial charge in [0.05, 0.1) is 17.1 Å². The van der Waals surface area contributed by atoms with E-state index < -0.39 is 0 Å². The van der Waals surface area contributed by atoms with Crippen molar-refractivity contribution in [2.75, 3.05) is 19.0 Å². The van der Waals surface area contributed by atoms with Crippen molar-refractivity contribution in [1.29, 1.82) is 0 Å². The molecule has 0 N–H and O–H groups in total. The molecule has 4 nitrogen and oxygen atoms in total. The number of benzene rings is 1. The molecule has 0 aliphatic heterocycles. The summed E-state index contributed by atoms with van der Waals surface area (Å²) in [5.74, 6) is 0. The lowest BCUT2D eigenvalue weighted by Gasteiger charge is -2.12. The Morgan fingerprint density at radius 1 is 0.938 bits per heavy atom. The number of hydrogen-bond acceptors (Lipinski definition) is 3. The van der Waals surface area contributed by atoms with Crippen LogP contribution in [0.1, 0.15) is 11.4 Å². The monoisotopic (exact) mass is 216 g/mol. The molecule has 1 aromatic heterocycles. The maximum Gasteiger partial charge on any atom is 0.0858 e. The van der Waals surface area contributed by atoms with Crippen molar-refractivity contribution in [3.05, 3.63) is 35.7 Å². The van der Waals surface area contributed by atoms with Gasteiger partial charge >= 0.3 is 0 Å². The van der Waals surface area contributed by atoms with Crippen LogP contribution in [0.3, 0.4) is 0 Å². The van der Waals surface area contributed by atoms with Crippen LogP contribution >= 0.6 is 0 Å². The van der Waals surface area contributed by atoms with Crippen molar-refractivity contribution in [1.82, 2.24) is 15.0 Å². The van der Waals surface area contributed by atoms with Gasteiger partial charge in [-0.05, 0) is 38.1 Å². The van der Waals surface area contributed by atoms with Crippen LogP contribution in [0.4, 0.5) is 5.69 Å². The van der Waals surface area contributed by atoms with Crippen LogP contribution in [-0.4, -0.2) is 29.1 Å². The van der Waals surface area contributed by atoms with E-state index in [1.165, 1.54) is 5.69 Å². The molecule has 2 rings (SSSR count). The van der Waals surface area contributed by atoms with Crippen molar-refractivity contribution in [2.45, 2.75) is 13.8 Å². The molecule has 2 aromatic rings. The fraction of sp³-hybridized carbons (Fsp3) is 0.333. The van der Waals surface area contributed by atoms with Crippen molar-refractivity contribution in [3.8, 4) is 5.69 Å². The van der Waals surface area contributed by atoms with Gasteiger partial charge in [0.15, 0.2) is 0 Å². The molecule has 0 fully saturated rings. The van der Waals surface area contributed by atoms with Crippen molar-refractivity contribution in [2.24, 2.45) is 0 Å². The van der Waals surface area contributed by atoms with E-state index in [4.69, 9.17) is 0 Å². The number of rotatable bonds is 2. The first-order valence-electron chi connectivity index (χ1n) is 5.26. The second kappa shape index (κ2) is 3.96. The van der Waals surface area contributed by atoms with Gasteiger partial charge in [0.25, 0.3) is 0 Å². The highest BCUT2D eigenvalue weighted by molar-refractivity contribution is 5.49. The van der Waals surface area contributed by atoms with Gasteiger partial charge in [-0.15, -0.1) is 0 Å². The topological polar surface area (TPSA) is 34.0 Å². The maximum atomic E-state index is 4.35. The summed E-state index contributed by atoms with van der Waals surface area (Å²) < 4.78 is 0. The van der Waals surface area contributed by atoms with E-state index in [9.17, 15) is 0 Å². The fourth-order valence-corrected chi connectivity index (χ4v) is 1.45. The summed E-state index contributed by atoms with van der Waals surface area (Å²) in [6, 6.07) is 8.16. The molecular formula is C12H16N4. The van der Waals surface area contributed by atoms with Crippen LogP contribution in [0.5, 0.6) is 0 Å². The summed E-state index contributed by atoms with van der Waals surface area (Å²) in [7, 11) is 4.05. The van der Waals surface area contributed by atoms with Crippen molar-refractivity contribution >= 4 is 5.69 Å². The van der Waals surface area contributed by atoms with Crippen LogP contribution in [-0.2, 0) is 0 Å². The summed E-state index contributed by atoms with van der Waals surface area (Å²) in [5.41, 5.74) is 4.10. The minimum atomic E-state index is 0.969. The van der Waals surface area contributed by atoms with Gasteiger partial charge in [0.1, 0.15) is 0 Å². The Hall–Kier alpha value is -1.84. The second-order valence-corrected chi connectivity index (χ2v) is 4.07. The zero-order valence-corrected chi connectivity index (χ0v) is 10.1. The molecule has 0 bridgehead atoms. The zero-order chi connectivity index (χ0) is 11.7. The van der Waals surface area contributed by atoms with Gasteiger partial charge in [-0.3, -0.25) is 0 Å². The predicted octanol–water partition coefficient (Wildman–Crippen LogP) is 1.95. The first-order valence-corrected chi connectivity index (χ1v) is 5.26. The molecule has 0 aliphatic rings. The summed E-state index contributed by atoms with van der Waals surface area (Å²) in [4.78, 5) is 3.74. The number of hydrogen-bond donors (Lipinski definition) is 0. The highest BCUT2D eigenvalue weighted by Crippen LogP contribution is 2.14. The average Bonchev–Trinajstić information content (AvgIpc) is 2.59. The molecule has 0 aliphatic carbocycles. The molecule has 16 heavy (non-hydrogen) atoms. The van der Waals surface area contributed by atoms with E-state index in [0.29, 0.717) is 0 Å². The second-order valence-electron chi connectivity index (χ2n) is 4.07. The van der Waals surface area contributed by atoms with E-state index in [0.717, 1.165) is 17.1 Å². The normalized spacial score (nSPS) is 10.5. The predicted molar refractivity (Wildman–Crippen MR) is 65.2 cm³/mol. The summed E-state index contributed by atoms with van der Waals surface area (Å²) >= 11 is 0. The van der Waals surface area contributed by atoms with Crippen molar-refractivity contribution < 1.29 is 0 Å². The average molecular weight is 216 g/mol. The lowest BCUT2D eigenvalue weighted by Crippen LogP contribution is -2.08.